The highest BCUT2D eigenvalue weighted by Gasteiger charge is 2.37. The third-order valence-electron chi connectivity index (χ3n) is 2.47. The second kappa shape index (κ2) is 7.33. The number of alkyl halides is 3. The van der Waals surface area contributed by atoms with Crippen molar-refractivity contribution in [3.63, 3.8) is 0 Å². The van der Waals surface area contributed by atoms with Crippen LogP contribution in [-0.2, 0) is 18.5 Å². The molecule has 1 heterocycles. The average Bonchev–Trinajstić information content (AvgIpc) is 2.68. The molecule has 1 rings (SSSR count). The van der Waals surface area contributed by atoms with Crippen LogP contribution in [0.15, 0.2) is 0 Å². The molecule has 0 atom stereocenters. The summed E-state index contributed by atoms with van der Waals surface area (Å²) < 4.78 is 39.1. The van der Waals surface area contributed by atoms with E-state index in [1.54, 1.807) is 11.8 Å². The summed E-state index contributed by atoms with van der Waals surface area (Å²) >= 11 is 2.80. The van der Waals surface area contributed by atoms with Crippen LogP contribution in [0, 0.1) is 5.92 Å². The van der Waals surface area contributed by atoms with Gasteiger partial charge in [-0.15, -0.1) is 11.3 Å². The number of rotatable bonds is 6. The van der Waals surface area contributed by atoms with Gasteiger partial charge < -0.3 is 5.32 Å². The minimum atomic E-state index is -4.38. The van der Waals surface area contributed by atoms with Crippen LogP contribution in [0.4, 0.5) is 13.2 Å². The van der Waals surface area contributed by atoms with Gasteiger partial charge in [0.25, 0.3) is 0 Å². The van der Waals surface area contributed by atoms with Gasteiger partial charge in [0.15, 0.2) is 5.69 Å². The Morgan fingerprint density at radius 3 is 2.33 bits per heavy atom. The summed E-state index contributed by atoms with van der Waals surface area (Å²) in [6.45, 7) is 10.2. The molecular formula is C14H23F3N2S2. The van der Waals surface area contributed by atoms with Crippen LogP contribution in [0.5, 0.6) is 0 Å². The molecule has 0 saturated carbocycles. The van der Waals surface area contributed by atoms with Crippen molar-refractivity contribution in [2.24, 2.45) is 5.92 Å². The van der Waals surface area contributed by atoms with Crippen molar-refractivity contribution < 1.29 is 13.2 Å². The Labute approximate surface area is 132 Å². The van der Waals surface area contributed by atoms with E-state index in [1.807, 2.05) is 20.8 Å². The van der Waals surface area contributed by atoms with Gasteiger partial charge in [0, 0.05) is 17.8 Å². The van der Waals surface area contributed by atoms with Crippen LogP contribution in [0.3, 0.4) is 0 Å². The molecule has 21 heavy (non-hydrogen) atoms. The molecule has 0 bridgehead atoms. The molecule has 0 aromatic carbocycles. The zero-order chi connectivity index (χ0) is 16.3. The monoisotopic (exact) mass is 340 g/mol. The molecule has 1 aromatic heterocycles. The molecule has 0 saturated heterocycles. The summed E-state index contributed by atoms with van der Waals surface area (Å²) in [7, 11) is 0. The van der Waals surface area contributed by atoms with Gasteiger partial charge in [-0.05, 0) is 32.4 Å². The van der Waals surface area contributed by atoms with E-state index in [-0.39, 0.29) is 17.0 Å². The summed E-state index contributed by atoms with van der Waals surface area (Å²) in [4.78, 5) is 4.09. The molecule has 0 aliphatic rings. The van der Waals surface area contributed by atoms with E-state index in [1.165, 1.54) is 0 Å². The number of aromatic nitrogens is 1. The van der Waals surface area contributed by atoms with E-state index in [9.17, 15) is 13.2 Å². The van der Waals surface area contributed by atoms with Gasteiger partial charge >= 0.3 is 6.18 Å². The van der Waals surface area contributed by atoms with Crippen LogP contribution in [0.2, 0.25) is 0 Å². The van der Waals surface area contributed by atoms with Gasteiger partial charge in [-0.2, -0.15) is 24.9 Å². The Kier molecular flexibility index (Phi) is 6.55. The van der Waals surface area contributed by atoms with Crippen molar-refractivity contribution in [2.75, 3.05) is 5.75 Å². The van der Waals surface area contributed by atoms with E-state index >= 15 is 0 Å². The maximum absolute atomic E-state index is 13.0. The Morgan fingerprint density at radius 1 is 1.24 bits per heavy atom. The first-order valence-corrected chi connectivity index (χ1v) is 8.84. The molecule has 0 aliphatic carbocycles. The highest BCUT2D eigenvalue weighted by Crippen LogP contribution is 2.35. The molecule has 0 amide bonds. The van der Waals surface area contributed by atoms with Gasteiger partial charge in [-0.25, -0.2) is 4.98 Å². The van der Waals surface area contributed by atoms with Crippen molar-refractivity contribution in [2.45, 2.75) is 58.6 Å². The normalized spacial score (nSPS) is 13.2. The van der Waals surface area contributed by atoms with Crippen LogP contribution in [-0.4, -0.2) is 16.3 Å². The van der Waals surface area contributed by atoms with Crippen molar-refractivity contribution in [1.82, 2.24) is 10.3 Å². The molecule has 2 nitrogen and oxygen atoms in total. The van der Waals surface area contributed by atoms with Gasteiger partial charge in [-0.3, -0.25) is 0 Å². The number of hydrogen-bond donors (Lipinski definition) is 1. The third kappa shape index (κ3) is 7.02. The number of thioether (sulfide) groups is 1. The fourth-order valence-corrected chi connectivity index (χ4v) is 3.67. The molecule has 0 aliphatic heterocycles. The van der Waals surface area contributed by atoms with Gasteiger partial charge in [0.2, 0.25) is 0 Å². The lowest BCUT2D eigenvalue weighted by Crippen LogP contribution is -2.35. The highest BCUT2D eigenvalue weighted by molar-refractivity contribution is 7.98. The topological polar surface area (TPSA) is 24.9 Å². The van der Waals surface area contributed by atoms with Crippen LogP contribution in [0.1, 0.15) is 50.2 Å². The van der Waals surface area contributed by atoms with E-state index in [0.29, 0.717) is 16.7 Å². The second-order valence-corrected chi connectivity index (χ2v) is 8.59. The van der Waals surface area contributed by atoms with Crippen LogP contribution in [0.25, 0.3) is 0 Å². The maximum Gasteiger partial charge on any atom is 0.434 e. The molecular weight excluding hydrogens is 317 g/mol. The number of nitrogens with zero attached hydrogens (tertiary/aromatic N) is 1. The largest absolute Gasteiger partial charge is 0.434 e. The fraction of sp³-hybridized carbons (Fsp3) is 0.786. The lowest BCUT2D eigenvalue weighted by atomic mass is 10.1. The Bertz CT molecular complexity index is 448. The Balaban J connectivity index is 2.81. The first-order valence-electron chi connectivity index (χ1n) is 6.87. The van der Waals surface area contributed by atoms with Crippen molar-refractivity contribution in [3.05, 3.63) is 15.6 Å². The molecule has 0 unspecified atom stereocenters. The van der Waals surface area contributed by atoms with E-state index in [0.717, 1.165) is 17.1 Å². The summed E-state index contributed by atoms with van der Waals surface area (Å²) in [5.74, 6) is 2.00. The SMILES string of the molecule is CC(C)CSCc1nc(C(F)(F)F)c(CNC(C)(C)C)s1. The second-order valence-electron chi connectivity index (χ2n) is 6.39. The minimum Gasteiger partial charge on any atom is -0.307 e. The first-order chi connectivity index (χ1) is 9.49. The van der Waals surface area contributed by atoms with E-state index in [4.69, 9.17) is 0 Å². The lowest BCUT2D eigenvalue weighted by molar-refractivity contribution is -0.141. The minimum absolute atomic E-state index is 0.199. The summed E-state index contributed by atoms with van der Waals surface area (Å²) in [5, 5.41) is 3.66. The quantitative estimate of drug-likeness (QED) is 0.794. The van der Waals surface area contributed by atoms with Crippen molar-refractivity contribution in [1.29, 1.82) is 0 Å². The standard InChI is InChI=1S/C14H23F3N2S2/c1-9(2)7-20-8-11-19-12(14(15,16)17)10(21-11)6-18-13(3,4)5/h9,18H,6-8H2,1-5H3. The number of halogens is 3. The lowest BCUT2D eigenvalue weighted by Gasteiger charge is -2.20. The molecule has 0 radical (unpaired) electrons. The summed E-state index contributed by atoms with van der Waals surface area (Å²) in [5.41, 5.74) is -0.955. The van der Waals surface area contributed by atoms with E-state index in [2.05, 4.69) is 24.1 Å². The van der Waals surface area contributed by atoms with Crippen molar-refractivity contribution in [3.8, 4) is 0 Å². The molecule has 0 spiro atoms. The van der Waals surface area contributed by atoms with E-state index < -0.39 is 11.9 Å². The maximum atomic E-state index is 13.0. The Hall–Kier alpha value is -0.270. The number of thiazole rings is 1. The first kappa shape index (κ1) is 18.8. The molecule has 1 aromatic rings. The fourth-order valence-electron chi connectivity index (χ4n) is 1.53. The summed E-state index contributed by atoms with van der Waals surface area (Å²) in [6, 6.07) is 0. The van der Waals surface area contributed by atoms with Gasteiger partial charge in [0.05, 0.1) is 4.88 Å². The molecule has 1 N–H and O–H groups in total. The molecule has 122 valence electrons. The molecule has 0 fully saturated rings. The van der Waals surface area contributed by atoms with Crippen LogP contribution >= 0.6 is 23.1 Å². The van der Waals surface area contributed by atoms with Gasteiger partial charge in [-0.1, -0.05) is 13.8 Å². The number of nitrogens with one attached hydrogen (secondary N) is 1. The van der Waals surface area contributed by atoms with Crippen LogP contribution < -0.4 is 5.32 Å². The molecule has 7 heteroatoms. The predicted octanol–water partition coefficient (Wildman–Crippen LogP) is 4.94. The number of hydrogen-bond acceptors (Lipinski definition) is 4. The summed E-state index contributed by atoms with van der Waals surface area (Å²) in [6.07, 6.45) is -4.38. The zero-order valence-electron chi connectivity index (χ0n) is 13.1. The smallest absolute Gasteiger partial charge is 0.307 e. The van der Waals surface area contributed by atoms with Crippen molar-refractivity contribution >= 4 is 23.1 Å². The highest BCUT2D eigenvalue weighted by atomic mass is 32.2. The third-order valence-corrected chi connectivity index (χ3v) is 5.08. The Morgan fingerprint density at radius 2 is 1.86 bits per heavy atom. The van der Waals surface area contributed by atoms with Gasteiger partial charge in [0.1, 0.15) is 5.01 Å². The predicted molar refractivity (Wildman–Crippen MR) is 84.7 cm³/mol. The zero-order valence-corrected chi connectivity index (χ0v) is 14.7. The average molecular weight is 340 g/mol.